The molecule has 1 aliphatic rings. The summed E-state index contributed by atoms with van der Waals surface area (Å²) in [5, 5.41) is 10.2. The summed E-state index contributed by atoms with van der Waals surface area (Å²) in [4.78, 5) is 24.8. The minimum Gasteiger partial charge on any atom is -0.472 e. The van der Waals surface area contributed by atoms with Crippen LogP contribution >= 0.6 is 0 Å². The van der Waals surface area contributed by atoms with Crippen molar-refractivity contribution >= 4 is 11.8 Å². The quantitative estimate of drug-likeness (QED) is 0.261. The van der Waals surface area contributed by atoms with E-state index in [2.05, 4.69) is 33.8 Å². The zero-order valence-electron chi connectivity index (χ0n) is 19.7. The van der Waals surface area contributed by atoms with Gasteiger partial charge in [0.25, 0.3) is 0 Å². The van der Waals surface area contributed by atoms with E-state index >= 15 is 0 Å². The summed E-state index contributed by atoms with van der Waals surface area (Å²) in [5.74, 6) is -1.71. The molecule has 0 aromatic carbocycles. The number of rotatable bonds is 11. The predicted molar refractivity (Wildman–Crippen MR) is 121 cm³/mol. The Labute approximate surface area is 186 Å². The number of ether oxygens (including phenoxy) is 1. The number of allylic oxidation sites excluding steroid dienone is 4. The summed E-state index contributed by atoms with van der Waals surface area (Å²) < 4.78 is 9.79. The molecule has 0 bridgehead atoms. The number of hydrogen-bond acceptors (Lipinski definition) is 5. The number of carbonyl (C=O) groups is 2. The number of esters is 1. The molecule has 2 atom stereocenters. The zero-order valence-corrected chi connectivity index (χ0v) is 19.7. The van der Waals surface area contributed by atoms with Crippen molar-refractivity contribution in [3.63, 3.8) is 0 Å². The van der Waals surface area contributed by atoms with Crippen LogP contribution in [-0.4, -0.2) is 24.0 Å². The van der Waals surface area contributed by atoms with Crippen molar-refractivity contribution < 1.29 is 23.8 Å². The number of ketones is 1. The van der Waals surface area contributed by atoms with Gasteiger partial charge in [0.2, 0.25) is 0 Å². The van der Waals surface area contributed by atoms with Crippen LogP contribution in [0.1, 0.15) is 90.7 Å². The highest BCUT2D eigenvalue weighted by Gasteiger charge is 2.29. The molecule has 31 heavy (non-hydrogen) atoms. The van der Waals surface area contributed by atoms with Crippen molar-refractivity contribution in [1.82, 2.24) is 0 Å². The third-order valence-corrected chi connectivity index (χ3v) is 6.60. The van der Waals surface area contributed by atoms with Gasteiger partial charge in [-0.1, -0.05) is 36.6 Å². The lowest BCUT2D eigenvalue weighted by Crippen LogP contribution is -2.26. The predicted octanol–water partition coefficient (Wildman–Crippen LogP) is 6.09. The molecule has 0 radical (unpaired) electrons. The summed E-state index contributed by atoms with van der Waals surface area (Å²) in [6.07, 6.45) is 10.7. The van der Waals surface area contributed by atoms with Crippen molar-refractivity contribution in [3.8, 4) is 0 Å². The van der Waals surface area contributed by atoms with Crippen LogP contribution in [-0.2, 0) is 14.3 Å². The molecule has 172 valence electrons. The average Bonchev–Trinajstić information content (AvgIpc) is 3.24. The van der Waals surface area contributed by atoms with E-state index in [-0.39, 0.29) is 17.6 Å². The van der Waals surface area contributed by atoms with Crippen molar-refractivity contribution in [2.24, 2.45) is 11.3 Å². The molecule has 1 unspecified atom stereocenters. The van der Waals surface area contributed by atoms with E-state index in [1.165, 1.54) is 50.0 Å². The van der Waals surface area contributed by atoms with E-state index in [0.717, 1.165) is 12.8 Å². The van der Waals surface area contributed by atoms with Gasteiger partial charge in [-0.3, -0.25) is 9.59 Å². The molecule has 0 aliphatic heterocycles. The normalized spacial score (nSPS) is 18.6. The largest absolute Gasteiger partial charge is 0.472 e. The monoisotopic (exact) mass is 430 g/mol. The Morgan fingerprint density at radius 2 is 2.10 bits per heavy atom. The number of carbonyl (C=O) groups excluding carboxylic acids is 2. The minimum atomic E-state index is -0.981. The fourth-order valence-electron chi connectivity index (χ4n) is 4.62. The van der Waals surface area contributed by atoms with Gasteiger partial charge in [0.1, 0.15) is 11.7 Å². The first kappa shape index (κ1) is 25.1. The van der Waals surface area contributed by atoms with E-state index in [9.17, 15) is 14.7 Å². The fraction of sp³-hybridized carbons (Fsp3) is 0.615. The molecule has 5 heteroatoms. The van der Waals surface area contributed by atoms with E-state index in [1.54, 1.807) is 11.6 Å². The second kappa shape index (κ2) is 11.5. The summed E-state index contributed by atoms with van der Waals surface area (Å²) in [5.41, 5.74) is 5.21. The van der Waals surface area contributed by atoms with Crippen molar-refractivity contribution in [2.45, 2.75) is 85.2 Å². The van der Waals surface area contributed by atoms with Gasteiger partial charge in [0, 0.05) is 12.0 Å². The molecule has 1 heterocycles. The van der Waals surface area contributed by atoms with Crippen molar-refractivity contribution in [3.05, 3.63) is 47.0 Å². The zero-order chi connectivity index (χ0) is 23.0. The number of aliphatic hydroxyl groups excluding tert-OH is 1. The third kappa shape index (κ3) is 7.20. The Morgan fingerprint density at radius 3 is 2.71 bits per heavy atom. The fourth-order valence-corrected chi connectivity index (χ4v) is 4.62. The van der Waals surface area contributed by atoms with Crippen molar-refractivity contribution in [2.75, 3.05) is 7.11 Å². The van der Waals surface area contributed by atoms with Crippen LogP contribution in [0.4, 0.5) is 0 Å². The molecule has 0 spiro atoms. The lowest BCUT2D eigenvalue weighted by molar-refractivity contribution is -0.150. The number of hydrogen-bond donors (Lipinski definition) is 1. The highest BCUT2D eigenvalue weighted by Crippen LogP contribution is 2.42. The van der Waals surface area contributed by atoms with E-state index in [4.69, 9.17) is 9.15 Å². The SMILES string of the molecule is COC(=O)C(CC/C=C(\C)CCC1=C(C)CCCC1(C)C)C(=O)C[C@@H](O)c1ccoc1. The third-order valence-electron chi connectivity index (χ3n) is 6.60. The molecule has 0 fully saturated rings. The molecule has 5 nitrogen and oxygen atoms in total. The number of Topliss-reactive ketones (excluding diaryl/α,β-unsaturated/α-hetero) is 1. The smallest absolute Gasteiger partial charge is 0.316 e. The second-order valence-corrected chi connectivity index (χ2v) is 9.44. The van der Waals surface area contributed by atoms with Crippen LogP contribution in [0.25, 0.3) is 0 Å². The van der Waals surface area contributed by atoms with Crippen LogP contribution < -0.4 is 0 Å². The first-order valence-corrected chi connectivity index (χ1v) is 11.3. The van der Waals surface area contributed by atoms with E-state index < -0.39 is 18.0 Å². The molecule has 1 aromatic heterocycles. The number of furan rings is 1. The molecule has 0 saturated heterocycles. The van der Waals surface area contributed by atoms with Gasteiger partial charge in [-0.25, -0.2) is 0 Å². The first-order valence-electron chi connectivity index (χ1n) is 11.3. The maximum Gasteiger partial charge on any atom is 0.316 e. The van der Waals surface area contributed by atoms with Gasteiger partial charge in [0.15, 0.2) is 0 Å². The van der Waals surface area contributed by atoms with E-state index in [1.807, 2.05) is 0 Å². The molecule has 2 rings (SSSR count). The summed E-state index contributed by atoms with van der Waals surface area (Å²) >= 11 is 0. The topological polar surface area (TPSA) is 76.7 Å². The van der Waals surface area contributed by atoms with Gasteiger partial charge in [-0.15, -0.1) is 0 Å². The molecule has 0 amide bonds. The highest BCUT2D eigenvalue weighted by atomic mass is 16.5. The Morgan fingerprint density at radius 1 is 1.35 bits per heavy atom. The lowest BCUT2D eigenvalue weighted by Gasteiger charge is -2.35. The van der Waals surface area contributed by atoms with Gasteiger partial charge in [-0.05, 0) is 70.3 Å². The average molecular weight is 431 g/mol. The van der Waals surface area contributed by atoms with Gasteiger partial charge in [-0.2, -0.15) is 0 Å². The number of aliphatic hydroxyl groups is 1. The van der Waals surface area contributed by atoms with Crippen LogP contribution in [0.5, 0.6) is 0 Å². The van der Waals surface area contributed by atoms with Gasteiger partial charge < -0.3 is 14.3 Å². The molecule has 1 N–H and O–H groups in total. The number of methoxy groups -OCH3 is 1. The molecule has 1 aromatic rings. The second-order valence-electron chi connectivity index (χ2n) is 9.44. The summed E-state index contributed by atoms with van der Waals surface area (Å²) in [7, 11) is 1.29. The van der Waals surface area contributed by atoms with Gasteiger partial charge >= 0.3 is 5.97 Å². The first-order chi connectivity index (χ1) is 14.7. The Bertz CT molecular complexity index is 798. The maximum atomic E-state index is 12.6. The molecular formula is C26H38O5. The Kier molecular flexibility index (Phi) is 9.30. The van der Waals surface area contributed by atoms with Gasteiger partial charge in [0.05, 0.1) is 25.7 Å². The minimum absolute atomic E-state index is 0.134. The standard InChI is InChI=1S/C26H38O5/c1-18(11-12-22-19(2)9-7-14-26(22,3)4)8-6-10-21(25(29)30-5)24(28)16-23(27)20-13-15-31-17-20/h8,13,15,17,21,23,27H,6-7,9-12,14,16H2,1-5H3/b18-8+/t21?,23-/m1/s1. The maximum absolute atomic E-state index is 12.6. The summed E-state index contributed by atoms with van der Waals surface area (Å²) in [6.45, 7) is 9.06. The summed E-state index contributed by atoms with van der Waals surface area (Å²) in [6, 6.07) is 1.61. The molecule has 1 aliphatic carbocycles. The highest BCUT2D eigenvalue weighted by molar-refractivity contribution is 5.99. The molecular weight excluding hydrogens is 392 g/mol. The lowest BCUT2D eigenvalue weighted by atomic mass is 9.71. The van der Waals surface area contributed by atoms with Crippen LogP contribution in [0.15, 0.2) is 45.8 Å². The van der Waals surface area contributed by atoms with Crippen LogP contribution in [0.2, 0.25) is 0 Å². The van der Waals surface area contributed by atoms with Crippen LogP contribution in [0.3, 0.4) is 0 Å². The molecule has 0 saturated carbocycles. The van der Waals surface area contributed by atoms with Crippen LogP contribution in [0, 0.1) is 11.3 Å². The Hall–Kier alpha value is -2.14. The van der Waals surface area contributed by atoms with Crippen molar-refractivity contribution in [1.29, 1.82) is 0 Å². The van der Waals surface area contributed by atoms with E-state index in [0.29, 0.717) is 18.4 Å². The Balaban J connectivity index is 1.91.